The van der Waals surface area contributed by atoms with Crippen LogP contribution in [0.2, 0.25) is 0 Å². The van der Waals surface area contributed by atoms with Crippen molar-refractivity contribution in [2.45, 2.75) is 11.8 Å². The molecule has 20 heavy (non-hydrogen) atoms. The van der Waals surface area contributed by atoms with E-state index < -0.39 is 11.1 Å². The normalized spacial score (nSPS) is 11.2. The summed E-state index contributed by atoms with van der Waals surface area (Å²) in [6.07, 6.45) is 0. The molecule has 1 atom stereocenters. The van der Waals surface area contributed by atoms with E-state index in [0.29, 0.717) is 21.6 Å². The average molecular weight is 282 g/mol. The second-order valence-electron chi connectivity index (χ2n) is 4.00. The summed E-state index contributed by atoms with van der Waals surface area (Å²) in [5.74, 6) is 0.242. The van der Waals surface area contributed by atoms with Crippen molar-refractivity contribution >= 4 is 11.1 Å². The third-order valence-electron chi connectivity index (χ3n) is 2.73. The number of hydrogen-bond acceptors (Lipinski definition) is 4. The number of benzene rings is 2. The molecule has 0 radical (unpaired) electrons. The fraction of sp³-hybridized carbons (Fsp3) is 0.0667. The van der Waals surface area contributed by atoms with E-state index in [4.69, 9.17) is 14.7 Å². The molecule has 2 aromatic carbocycles. The van der Waals surface area contributed by atoms with Crippen LogP contribution in [-0.2, 0) is 11.1 Å². The lowest BCUT2D eigenvalue weighted by Gasteiger charge is -2.07. The maximum absolute atomic E-state index is 12.0. The molecule has 0 amide bonds. The minimum atomic E-state index is -1.68. The molecule has 0 aliphatic heterocycles. The largest absolute Gasteiger partial charge is 0.397 e. The van der Waals surface area contributed by atoms with E-state index >= 15 is 0 Å². The van der Waals surface area contributed by atoms with Crippen LogP contribution in [0, 0.1) is 29.6 Å². The van der Waals surface area contributed by atoms with Gasteiger partial charge in [0.2, 0.25) is 11.1 Å². The maximum Gasteiger partial charge on any atom is 0.240 e. The molecule has 0 aliphatic carbocycles. The fourth-order valence-corrected chi connectivity index (χ4v) is 2.38. The molecule has 0 fully saturated rings. The Hall–Kier alpha value is -2.63. The van der Waals surface area contributed by atoms with Gasteiger partial charge in [0.05, 0.1) is 28.2 Å². The lowest BCUT2D eigenvalue weighted by molar-refractivity contribution is 0.561. The van der Waals surface area contributed by atoms with Crippen molar-refractivity contribution in [3.63, 3.8) is 0 Å². The Balaban J connectivity index is 2.34. The Morgan fingerprint density at radius 2 is 1.60 bits per heavy atom. The molecular formula is C15H10N2O2S. The summed E-state index contributed by atoms with van der Waals surface area (Å²) < 4.78 is 17.3. The zero-order chi connectivity index (χ0) is 14.5. The van der Waals surface area contributed by atoms with E-state index in [-0.39, 0.29) is 5.75 Å². The molecule has 4 nitrogen and oxygen atoms in total. The van der Waals surface area contributed by atoms with Gasteiger partial charge < -0.3 is 4.18 Å². The molecule has 0 bridgehead atoms. The van der Waals surface area contributed by atoms with Gasteiger partial charge in [-0.15, -0.1) is 0 Å². The summed E-state index contributed by atoms with van der Waals surface area (Å²) in [5, 5.41) is 18.0. The predicted molar refractivity (Wildman–Crippen MR) is 74.1 cm³/mol. The lowest BCUT2D eigenvalue weighted by atomic mass is 10.0. The molecule has 2 rings (SSSR count). The molecule has 0 saturated heterocycles. The molecule has 0 heterocycles. The zero-order valence-corrected chi connectivity index (χ0v) is 11.5. The molecule has 0 aromatic heterocycles. The summed E-state index contributed by atoms with van der Waals surface area (Å²) in [7, 11) is 0. The topological polar surface area (TPSA) is 73.9 Å². The lowest BCUT2D eigenvalue weighted by Crippen LogP contribution is -2.02. The molecular weight excluding hydrogens is 272 g/mol. The summed E-state index contributed by atoms with van der Waals surface area (Å²) in [6, 6.07) is 15.6. The first-order valence-corrected chi connectivity index (χ1v) is 6.83. The van der Waals surface area contributed by atoms with Crippen LogP contribution in [-0.4, -0.2) is 4.21 Å². The Kier molecular flexibility index (Phi) is 4.14. The highest BCUT2D eigenvalue weighted by Gasteiger charge is 2.11. The molecule has 0 saturated carbocycles. The van der Waals surface area contributed by atoms with Crippen LogP contribution in [0.3, 0.4) is 0 Å². The van der Waals surface area contributed by atoms with Gasteiger partial charge >= 0.3 is 0 Å². The van der Waals surface area contributed by atoms with E-state index in [1.54, 1.807) is 31.2 Å². The van der Waals surface area contributed by atoms with Crippen molar-refractivity contribution < 1.29 is 8.39 Å². The van der Waals surface area contributed by atoms with Crippen molar-refractivity contribution in [2.24, 2.45) is 0 Å². The SMILES string of the molecule is Cc1c(C#N)cc(OS(=O)c2ccccc2)cc1C#N. The molecule has 98 valence electrons. The summed E-state index contributed by atoms with van der Waals surface area (Å²) in [5.41, 5.74) is 1.26. The first kappa shape index (κ1) is 13.8. The molecule has 0 spiro atoms. The van der Waals surface area contributed by atoms with Crippen LogP contribution in [0.25, 0.3) is 0 Å². The summed E-state index contributed by atoms with van der Waals surface area (Å²) in [6.45, 7) is 1.69. The second-order valence-corrected chi connectivity index (χ2v) is 5.11. The van der Waals surface area contributed by atoms with E-state index in [9.17, 15) is 4.21 Å². The number of rotatable bonds is 3. The number of nitriles is 2. The van der Waals surface area contributed by atoms with Gasteiger partial charge in [0, 0.05) is 0 Å². The molecule has 1 unspecified atom stereocenters. The van der Waals surface area contributed by atoms with Gasteiger partial charge in [-0.2, -0.15) is 10.5 Å². The van der Waals surface area contributed by atoms with Crippen LogP contribution in [0.1, 0.15) is 16.7 Å². The first-order valence-electron chi connectivity index (χ1n) is 5.75. The van der Waals surface area contributed by atoms with Gasteiger partial charge in [-0.3, -0.25) is 0 Å². The number of nitrogens with zero attached hydrogens (tertiary/aromatic N) is 2. The van der Waals surface area contributed by atoms with Crippen molar-refractivity contribution in [3.05, 3.63) is 59.2 Å². The minimum absolute atomic E-state index is 0.242. The van der Waals surface area contributed by atoms with Crippen molar-refractivity contribution in [3.8, 4) is 17.9 Å². The maximum atomic E-state index is 12.0. The molecule has 5 heteroatoms. The van der Waals surface area contributed by atoms with Gasteiger partial charge in [-0.05, 0) is 36.8 Å². The molecule has 0 aliphatic rings. The Morgan fingerprint density at radius 3 is 2.10 bits per heavy atom. The smallest absolute Gasteiger partial charge is 0.240 e. The average Bonchev–Trinajstić information content (AvgIpc) is 2.49. The van der Waals surface area contributed by atoms with Crippen molar-refractivity contribution in [2.75, 3.05) is 0 Å². The summed E-state index contributed by atoms with van der Waals surface area (Å²) >= 11 is -1.68. The highest BCUT2D eigenvalue weighted by molar-refractivity contribution is 7.80. The first-order chi connectivity index (χ1) is 9.65. The van der Waals surface area contributed by atoms with Gasteiger partial charge in [0.1, 0.15) is 5.75 Å². The van der Waals surface area contributed by atoms with Gasteiger partial charge in [0.15, 0.2) is 0 Å². The van der Waals surface area contributed by atoms with Crippen LogP contribution in [0.4, 0.5) is 0 Å². The van der Waals surface area contributed by atoms with Crippen LogP contribution < -0.4 is 4.18 Å². The monoisotopic (exact) mass is 282 g/mol. The van der Waals surface area contributed by atoms with E-state index in [2.05, 4.69) is 0 Å². The van der Waals surface area contributed by atoms with Crippen LogP contribution >= 0.6 is 0 Å². The standard InChI is InChI=1S/C15H10N2O2S/c1-11-12(9-16)7-14(8-13(11)10-17)19-20(18)15-5-3-2-4-6-15/h2-8H,1H3. The van der Waals surface area contributed by atoms with Gasteiger partial charge in [0.25, 0.3) is 0 Å². The van der Waals surface area contributed by atoms with Crippen LogP contribution in [0.15, 0.2) is 47.4 Å². The van der Waals surface area contributed by atoms with Gasteiger partial charge in [-0.1, -0.05) is 18.2 Å². The van der Waals surface area contributed by atoms with Crippen molar-refractivity contribution in [1.29, 1.82) is 10.5 Å². The third kappa shape index (κ3) is 2.85. The van der Waals surface area contributed by atoms with E-state index in [0.717, 1.165) is 0 Å². The molecule has 0 N–H and O–H groups in total. The number of hydrogen-bond donors (Lipinski definition) is 0. The predicted octanol–water partition coefficient (Wildman–Crippen LogP) is 2.84. The van der Waals surface area contributed by atoms with E-state index in [1.165, 1.54) is 12.1 Å². The van der Waals surface area contributed by atoms with E-state index in [1.807, 2.05) is 18.2 Å². The fourth-order valence-electron chi connectivity index (χ4n) is 1.64. The molecule has 2 aromatic rings. The Labute approximate surface area is 119 Å². The second kappa shape index (κ2) is 6.01. The zero-order valence-electron chi connectivity index (χ0n) is 10.7. The Morgan fingerprint density at radius 1 is 1.05 bits per heavy atom. The third-order valence-corrected chi connectivity index (χ3v) is 3.73. The minimum Gasteiger partial charge on any atom is -0.397 e. The van der Waals surface area contributed by atoms with Crippen LogP contribution in [0.5, 0.6) is 5.75 Å². The van der Waals surface area contributed by atoms with Crippen molar-refractivity contribution in [1.82, 2.24) is 0 Å². The van der Waals surface area contributed by atoms with Gasteiger partial charge in [-0.25, -0.2) is 4.21 Å². The quantitative estimate of drug-likeness (QED) is 0.867. The summed E-state index contributed by atoms with van der Waals surface area (Å²) in [4.78, 5) is 0.519. The highest BCUT2D eigenvalue weighted by Crippen LogP contribution is 2.23. The Bertz CT molecular complexity index is 708. The highest BCUT2D eigenvalue weighted by atomic mass is 32.2.